The number of halogens is 1. The molecule has 6 heteroatoms. The number of nitrogens with zero attached hydrogens (tertiary/aromatic N) is 1. The van der Waals surface area contributed by atoms with Crippen LogP contribution < -0.4 is 11.1 Å². The second-order valence-electron chi connectivity index (χ2n) is 5.16. The van der Waals surface area contributed by atoms with Crippen molar-refractivity contribution in [1.82, 2.24) is 10.3 Å². The topological polar surface area (TPSA) is 88.2 Å². The summed E-state index contributed by atoms with van der Waals surface area (Å²) in [5.74, 6) is -0.229. The molecular formula is C16H18ClN3O2. The average molecular weight is 320 g/mol. The predicted molar refractivity (Wildman–Crippen MR) is 85.7 cm³/mol. The molecule has 1 heterocycles. The van der Waals surface area contributed by atoms with Crippen LogP contribution in [0.1, 0.15) is 33.2 Å². The molecule has 116 valence electrons. The molecule has 0 radical (unpaired) electrons. The van der Waals surface area contributed by atoms with E-state index in [4.69, 9.17) is 5.73 Å². The minimum atomic E-state index is -0.595. The van der Waals surface area contributed by atoms with Crippen LogP contribution in [-0.4, -0.2) is 22.1 Å². The van der Waals surface area contributed by atoms with Gasteiger partial charge < -0.3 is 16.2 Å². The molecule has 0 aliphatic heterocycles. The van der Waals surface area contributed by atoms with E-state index in [0.717, 1.165) is 11.1 Å². The molecule has 1 aromatic carbocycles. The Morgan fingerprint density at radius 2 is 2.14 bits per heavy atom. The van der Waals surface area contributed by atoms with E-state index < -0.39 is 6.10 Å². The minimum absolute atomic E-state index is 0. The lowest BCUT2D eigenvalue weighted by Crippen LogP contribution is -2.34. The van der Waals surface area contributed by atoms with E-state index in [2.05, 4.69) is 10.3 Å². The van der Waals surface area contributed by atoms with E-state index in [1.54, 1.807) is 18.3 Å². The minimum Gasteiger partial charge on any atom is -0.390 e. The third kappa shape index (κ3) is 3.11. The van der Waals surface area contributed by atoms with Gasteiger partial charge in [-0.05, 0) is 23.3 Å². The van der Waals surface area contributed by atoms with Gasteiger partial charge in [-0.1, -0.05) is 24.3 Å². The molecule has 0 unspecified atom stereocenters. The summed E-state index contributed by atoms with van der Waals surface area (Å²) in [6.45, 7) is 0.288. The molecule has 22 heavy (non-hydrogen) atoms. The van der Waals surface area contributed by atoms with Crippen LogP contribution in [-0.2, 0) is 13.0 Å². The number of nitrogens with two attached hydrogens (primary N) is 1. The molecule has 1 aliphatic rings. The normalized spacial score (nSPS) is 19.2. The zero-order chi connectivity index (χ0) is 14.8. The van der Waals surface area contributed by atoms with Gasteiger partial charge in [0.2, 0.25) is 0 Å². The van der Waals surface area contributed by atoms with Crippen LogP contribution in [0.15, 0.2) is 42.6 Å². The lowest BCUT2D eigenvalue weighted by atomic mass is 10.1. The highest BCUT2D eigenvalue weighted by atomic mass is 35.5. The van der Waals surface area contributed by atoms with Gasteiger partial charge in [-0.25, -0.2) is 0 Å². The average Bonchev–Trinajstić information content (AvgIpc) is 2.83. The first-order chi connectivity index (χ1) is 10.2. The summed E-state index contributed by atoms with van der Waals surface area (Å²) in [6, 6.07) is 10.7. The number of carbonyl (C=O) groups excluding carboxylic acids is 1. The second-order valence-corrected chi connectivity index (χ2v) is 5.16. The molecule has 5 nitrogen and oxygen atoms in total. The van der Waals surface area contributed by atoms with Crippen molar-refractivity contribution in [3.05, 3.63) is 65.0 Å². The van der Waals surface area contributed by atoms with Gasteiger partial charge >= 0.3 is 0 Å². The first-order valence-electron chi connectivity index (χ1n) is 6.91. The smallest absolute Gasteiger partial charge is 0.251 e. The van der Waals surface area contributed by atoms with Crippen molar-refractivity contribution in [3.63, 3.8) is 0 Å². The van der Waals surface area contributed by atoms with Crippen LogP contribution in [0.4, 0.5) is 0 Å². The quantitative estimate of drug-likeness (QED) is 0.797. The standard InChI is InChI=1S/C16H17N3O2.ClH/c17-9-12-7-11(5-6-18-12)16(21)19-15-13-4-2-1-3-10(13)8-14(15)20;/h1-7,14-15,20H,8-9,17H2,(H,19,21);1H/t14-,15+;/m1./s1. The number of aliphatic hydroxyl groups excluding tert-OH is 1. The van der Waals surface area contributed by atoms with Crippen LogP contribution in [0.2, 0.25) is 0 Å². The Kier molecular flexibility index (Phi) is 5.13. The number of fused-ring (bicyclic) bond motifs is 1. The van der Waals surface area contributed by atoms with Gasteiger partial charge in [0.15, 0.2) is 0 Å². The predicted octanol–water partition coefficient (Wildman–Crippen LogP) is 1.35. The third-order valence-corrected chi connectivity index (χ3v) is 3.78. The highest BCUT2D eigenvalue weighted by Crippen LogP contribution is 2.31. The fraction of sp³-hybridized carbons (Fsp3) is 0.250. The molecule has 4 N–H and O–H groups in total. The SMILES string of the molecule is Cl.NCc1cc(C(=O)N[C@H]2c3ccccc3C[C@H]2O)ccn1. The summed E-state index contributed by atoms with van der Waals surface area (Å²) in [6.07, 6.45) is 1.53. The van der Waals surface area contributed by atoms with E-state index in [-0.39, 0.29) is 30.9 Å². The zero-order valence-electron chi connectivity index (χ0n) is 11.9. The number of aliphatic hydroxyl groups is 1. The Morgan fingerprint density at radius 1 is 1.36 bits per heavy atom. The number of hydrogen-bond acceptors (Lipinski definition) is 4. The summed E-state index contributed by atoms with van der Waals surface area (Å²) < 4.78 is 0. The summed E-state index contributed by atoms with van der Waals surface area (Å²) >= 11 is 0. The molecule has 0 saturated heterocycles. The van der Waals surface area contributed by atoms with Crippen molar-refractivity contribution in [2.75, 3.05) is 0 Å². The highest BCUT2D eigenvalue weighted by molar-refractivity contribution is 5.94. The number of benzene rings is 1. The lowest BCUT2D eigenvalue weighted by Gasteiger charge is -2.18. The van der Waals surface area contributed by atoms with Crippen molar-refractivity contribution in [1.29, 1.82) is 0 Å². The van der Waals surface area contributed by atoms with Gasteiger partial charge in [-0.15, -0.1) is 12.4 Å². The Bertz CT molecular complexity index is 678. The Hall–Kier alpha value is -1.95. The zero-order valence-corrected chi connectivity index (χ0v) is 12.7. The van der Waals surface area contributed by atoms with Crippen molar-refractivity contribution in [3.8, 4) is 0 Å². The van der Waals surface area contributed by atoms with E-state index in [0.29, 0.717) is 17.7 Å². The molecule has 0 saturated carbocycles. The summed E-state index contributed by atoms with van der Waals surface area (Å²) in [7, 11) is 0. The van der Waals surface area contributed by atoms with E-state index in [9.17, 15) is 9.90 Å². The van der Waals surface area contributed by atoms with Gasteiger partial charge in [0.05, 0.1) is 17.8 Å². The maximum Gasteiger partial charge on any atom is 0.251 e. The fourth-order valence-electron chi connectivity index (χ4n) is 2.70. The molecule has 0 bridgehead atoms. The molecule has 0 spiro atoms. The van der Waals surface area contributed by atoms with Gasteiger partial charge in [0.1, 0.15) is 0 Å². The number of aromatic nitrogens is 1. The number of amides is 1. The number of nitrogens with one attached hydrogen (secondary N) is 1. The first-order valence-corrected chi connectivity index (χ1v) is 6.91. The van der Waals surface area contributed by atoms with Crippen LogP contribution >= 0.6 is 12.4 Å². The summed E-state index contributed by atoms with van der Waals surface area (Å²) in [4.78, 5) is 16.4. The third-order valence-electron chi connectivity index (χ3n) is 3.78. The second kappa shape index (κ2) is 6.87. The number of carbonyl (C=O) groups is 1. The lowest BCUT2D eigenvalue weighted by molar-refractivity contribution is 0.0858. The van der Waals surface area contributed by atoms with E-state index >= 15 is 0 Å². The monoisotopic (exact) mass is 319 g/mol. The van der Waals surface area contributed by atoms with Gasteiger partial charge in [0.25, 0.3) is 5.91 Å². The van der Waals surface area contributed by atoms with Crippen LogP contribution in [0.25, 0.3) is 0 Å². The van der Waals surface area contributed by atoms with Crippen LogP contribution in [0.5, 0.6) is 0 Å². The Balaban J connectivity index is 0.00000176. The van der Waals surface area contributed by atoms with E-state index in [1.165, 1.54) is 0 Å². The molecule has 1 amide bonds. The van der Waals surface area contributed by atoms with Crippen molar-refractivity contribution < 1.29 is 9.90 Å². The fourth-order valence-corrected chi connectivity index (χ4v) is 2.70. The summed E-state index contributed by atoms with van der Waals surface area (Å²) in [5.41, 5.74) is 8.75. The van der Waals surface area contributed by atoms with E-state index in [1.807, 2.05) is 24.3 Å². The Morgan fingerprint density at radius 3 is 2.91 bits per heavy atom. The van der Waals surface area contributed by atoms with Crippen molar-refractivity contribution in [2.45, 2.75) is 25.1 Å². The maximum atomic E-state index is 12.3. The van der Waals surface area contributed by atoms with Gasteiger partial charge in [0, 0.05) is 24.7 Å². The van der Waals surface area contributed by atoms with Crippen LogP contribution in [0.3, 0.4) is 0 Å². The van der Waals surface area contributed by atoms with Crippen LogP contribution in [0, 0.1) is 0 Å². The highest BCUT2D eigenvalue weighted by Gasteiger charge is 2.32. The molecule has 2 atom stereocenters. The summed E-state index contributed by atoms with van der Waals surface area (Å²) in [5, 5.41) is 13.1. The Labute approximate surface area is 135 Å². The molecule has 2 aromatic rings. The molecule has 1 aromatic heterocycles. The number of pyridine rings is 1. The van der Waals surface area contributed by atoms with Gasteiger partial charge in [-0.2, -0.15) is 0 Å². The molecular weight excluding hydrogens is 302 g/mol. The molecule has 0 fully saturated rings. The molecule has 1 aliphatic carbocycles. The largest absolute Gasteiger partial charge is 0.390 e. The first kappa shape index (κ1) is 16.4. The van der Waals surface area contributed by atoms with Gasteiger partial charge in [-0.3, -0.25) is 9.78 Å². The van der Waals surface area contributed by atoms with Crippen molar-refractivity contribution in [2.24, 2.45) is 5.73 Å². The van der Waals surface area contributed by atoms with Crippen molar-refractivity contribution >= 4 is 18.3 Å². The number of hydrogen-bond donors (Lipinski definition) is 3. The number of rotatable bonds is 3. The molecule has 3 rings (SSSR count). The maximum absolute atomic E-state index is 12.3.